The molecule has 1 aliphatic heterocycles. The van der Waals surface area contributed by atoms with E-state index in [-0.39, 0.29) is 24.5 Å². The van der Waals surface area contributed by atoms with Gasteiger partial charge >= 0.3 is 0 Å². The number of anilines is 1. The van der Waals surface area contributed by atoms with Gasteiger partial charge in [0.15, 0.2) is 5.82 Å². The van der Waals surface area contributed by atoms with Crippen LogP contribution in [0, 0.1) is 5.82 Å². The van der Waals surface area contributed by atoms with Gasteiger partial charge in [-0.2, -0.15) is 5.10 Å². The average Bonchev–Trinajstić information content (AvgIpc) is 3.07. The van der Waals surface area contributed by atoms with Gasteiger partial charge in [-0.05, 0) is 18.2 Å². The van der Waals surface area contributed by atoms with Crippen molar-refractivity contribution in [1.29, 1.82) is 0 Å². The Kier molecular flexibility index (Phi) is 4.32. The summed E-state index contributed by atoms with van der Waals surface area (Å²) in [5.74, 6) is -1.68. The topological polar surface area (TPSA) is 87.5 Å². The summed E-state index contributed by atoms with van der Waals surface area (Å²) >= 11 is 5.76. The second kappa shape index (κ2) is 6.42. The number of benzene rings is 1. The number of aliphatic hydroxyl groups excluding tert-OH is 1. The van der Waals surface area contributed by atoms with E-state index < -0.39 is 17.6 Å². The Balaban J connectivity index is 1.80. The summed E-state index contributed by atoms with van der Waals surface area (Å²) in [4.78, 5) is 24.6. The molecule has 0 radical (unpaired) electrons. The third kappa shape index (κ3) is 3.01. The average molecular weight is 351 g/mol. The molecule has 3 rings (SSSR count). The van der Waals surface area contributed by atoms with Crippen LogP contribution in [-0.4, -0.2) is 44.8 Å². The van der Waals surface area contributed by atoms with Crippen molar-refractivity contribution in [3.63, 3.8) is 0 Å². The van der Waals surface area contributed by atoms with E-state index in [9.17, 15) is 14.0 Å². The fourth-order valence-electron chi connectivity index (χ4n) is 2.27. The number of carbonyl (C=O) groups is 2. The van der Waals surface area contributed by atoms with Crippen LogP contribution in [0.25, 0.3) is 5.69 Å². The predicted octanol–water partition coefficient (Wildman–Crippen LogP) is 1.32. The molecule has 1 aromatic carbocycles. The van der Waals surface area contributed by atoms with Crippen molar-refractivity contribution in [3.05, 3.63) is 53.2 Å². The molecule has 2 amide bonds. The molecule has 24 heavy (non-hydrogen) atoms. The standard InChI is InChI=1S/C15H12ClFN4O3/c16-9-7-18-21(8-9)13-2-1-10(5-11(13)17)19-12-6-14(23)20(3-4-22)15(12)24/h1-2,5-8,19,22H,3-4H2. The molecule has 0 bridgehead atoms. The monoisotopic (exact) mass is 350 g/mol. The lowest BCUT2D eigenvalue weighted by Crippen LogP contribution is -2.34. The number of hydrogen-bond acceptors (Lipinski definition) is 5. The zero-order valence-electron chi connectivity index (χ0n) is 12.2. The van der Waals surface area contributed by atoms with E-state index in [1.807, 2.05) is 0 Å². The number of hydrogen-bond donors (Lipinski definition) is 2. The molecule has 2 aromatic rings. The van der Waals surface area contributed by atoms with E-state index >= 15 is 0 Å². The maximum Gasteiger partial charge on any atom is 0.277 e. The van der Waals surface area contributed by atoms with E-state index in [0.717, 1.165) is 11.0 Å². The Morgan fingerprint density at radius 3 is 2.75 bits per heavy atom. The van der Waals surface area contributed by atoms with Crippen LogP contribution in [0.15, 0.2) is 42.4 Å². The fourth-order valence-corrected chi connectivity index (χ4v) is 2.40. The Morgan fingerprint density at radius 2 is 2.12 bits per heavy atom. The molecule has 0 unspecified atom stereocenters. The second-order valence-corrected chi connectivity index (χ2v) is 5.41. The Bertz CT molecular complexity index is 849. The lowest BCUT2D eigenvalue weighted by Gasteiger charge is -2.13. The number of amides is 2. The molecular formula is C15H12ClFN4O3. The first-order valence-corrected chi connectivity index (χ1v) is 7.33. The van der Waals surface area contributed by atoms with Crippen molar-refractivity contribution in [2.45, 2.75) is 0 Å². The van der Waals surface area contributed by atoms with Gasteiger partial charge < -0.3 is 10.4 Å². The van der Waals surface area contributed by atoms with Crippen LogP contribution in [0.1, 0.15) is 0 Å². The Hall–Kier alpha value is -2.71. The van der Waals surface area contributed by atoms with Gasteiger partial charge in [0, 0.05) is 18.0 Å². The van der Waals surface area contributed by atoms with Gasteiger partial charge in [-0.1, -0.05) is 11.6 Å². The molecule has 0 fully saturated rings. The van der Waals surface area contributed by atoms with Crippen molar-refractivity contribution >= 4 is 29.1 Å². The van der Waals surface area contributed by atoms with Gasteiger partial charge in [0.1, 0.15) is 11.4 Å². The SMILES string of the molecule is O=C1C=C(Nc2ccc(-n3cc(Cl)cn3)c(F)c2)C(=O)N1CCO. The van der Waals surface area contributed by atoms with Crippen molar-refractivity contribution in [3.8, 4) is 5.69 Å². The number of β-amino-alcohol motifs (C(OH)–C–C–N with tert-alkyl or cyclic N) is 1. The van der Waals surface area contributed by atoms with Crippen molar-refractivity contribution in [1.82, 2.24) is 14.7 Å². The minimum Gasteiger partial charge on any atom is -0.395 e. The van der Waals surface area contributed by atoms with Crippen LogP contribution in [0.3, 0.4) is 0 Å². The summed E-state index contributed by atoms with van der Waals surface area (Å²) in [7, 11) is 0. The molecule has 0 spiro atoms. The summed E-state index contributed by atoms with van der Waals surface area (Å²) < 4.78 is 15.5. The number of halogens is 2. The van der Waals surface area contributed by atoms with Gasteiger partial charge in [-0.25, -0.2) is 9.07 Å². The van der Waals surface area contributed by atoms with Crippen LogP contribution >= 0.6 is 11.6 Å². The van der Waals surface area contributed by atoms with Crippen LogP contribution < -0.4 is 5.32 Å². The summed E-state index contributed by atoms with van der Waals surface area (Å²) in [6, 6.07) is 4.19. The van der Waals surface area contributed by atoms with Crippen LogP contribution in [0.2, 0.25) is 5.02 Å². The summed E-state index contributed by atoms with van der Waals surface area (Å²) in [5, 5.41) is 15.9. The molecule has 124 valence electrons. The van der Waals surface area contributed by atoms with Gasteiger partial charge in [-0.15, -0.1) is 0 Å². The molecule has 0 saturated carbocycles. The molecule has 0 aliphatic carbocycles. The molecular weight excluding hydrogens is 339 g/mol. The number of nitrogens with one attached hydrogen (secondary N) is 1. The van der Waals surface area contributed by atoms with Gasteiger partial charge in [0.05, 0.1) is 24.4 Å². The maximum absolute atomic E-state index is 14.2. The molecule has 0 saturated heterocycles. The van der Waals surface area contributed by atoms with E-state index in [1.54, 1.807) is 6.07 Å². The van der Waals surface area contributed by atoms with Gasteiger partial charge in [0.25, 0.3) is 11.8 Å². The first kappa shape index (κ1) is 16.2. The molecule has 9 heteroatoms. The first-order chi connectivity index (χ1) is 11.5. The quantitative estimate of drug-likeness (QED) is 0.794. The third-order valence-corrected chi connectivity index (χ3v) is 3.55. The van der Waals surface area contributed by atoms with Crippen LogP contribution in [-0.2, 0) is 9.59 Å². The highest BCUT2D eigenvalue weighted by molar-refractivity contribution is 6.30. The lowest BCUT2D eigenvalue weighted by atomic mass is 10.2. The van der Waals surface area contributed by atoms with E-state index in [4.69, 9.17) is 16.7 Å². The first-order valence-electron chi connectivity index (χ1n) is 6.95. The summed E-state index contributed by atoms with van der Waals surface area (Å²) in [5.41, 5.74) is 0.507. The van der Waals surface area contributed by atoms with Gasteiger partial charge in [0.2, 0.25) is 0 Å². The number of aromatic nitrogens is 2. The Labute approximate surface area is 140 Å². The van der Waals surface area contributed by atoms with E-state index in [1.165, 1.54) is 29.2 Å². The van der Waals surface area contributed by atoms with Crippen molar-refractivity contribution < 1.29 is 19.1 Å². The molecule has 1 aliphatic rings. The highest BCUT2D eigenvalue weighted by Gasteiger charge is 2.30. The lowest BCUT2D eigenvalue weighted by molar-refractivity contribution is -0.137. The number of aliphatic hydroxyl groups is 1. The number of rotatable bonds is 5. The maximum atomic E-state index is 14.2. The van der Waals surface area contributed by atoms with Gasteiger partial charge in [-0.3, -0.25) is 14.5 Å². The van der Waals surface area contributed by atoms with E-state index in [2.05, 4.69) is 10.4 Å². The normalized spacial score (nSPS) is 14.3. The van der Waals surface area contributed by atoms with Crippen molar-refractivity contribution in [2.24, 2.45) is 0 Å². The fraction of sp³-hybridized carbons (Fsp3) is 0.133. The van der Waals surface area contributed by atoms with Crippen LogP contribution in [0.4, 0.5) is 10.1 Å². The highest BCUT2D eigenvalue weighted by atomic mass is 35.5. The highest BCUT2D eigenvalue weighted by Crippen LogP contribution is 2.22. The smallest absolute Gasteiger partial charge is 0.277 e. The van der Waals surface area contributed by atoms with E-state index in [0.29, 0.717) is 10.7 Å². The Morgan fingerprint density at radius 1 is 1.33 bits per heavy atom. The summed E-state index contributed by atoms with van der Waals surface area (Å²) in [6.45, 7) is -0.416. The molecule has 7 nitrogen and oxygen atoms in total. The molecule has 2 N–H and O–H groups in total. The molecule has 1 aromatic heterocycles. The number of nitrogens with zero attached hydrogens (tertiary/aromatic N) is 3. The minimum absolute atomic E-state index is 0.0164. The molecule has 0 atom stereocenters. The van der Waals surface area contributed by atoms with Crippen LogP contribution in [0.5, 0.6) is 0 Å². The zero-order chi connectivity index (χ0) is 17.3. The third-order valence-electron chi connectivity index (χ3n) is 3.36. The largest absolute Gasteiger partial charge is 0.395 e. The second-order valence-electron chi connectivity index (χ2n) is 4.97. The predicted molar refractivity (Wildman–Crippen MR) is 84.0 cm³/mol. The zero-order valence-corrected chi connectivity index (χ0v) is 13.0. The number of carbonyl (C=O) groups excluding carboxylic acids is 2. The number of imide groups is 1. The van der Waals surface area contributed by atoms with Crippen molar-refractivity contribution in [2.75, 3.05) is 18.5 Å². The summed E-state index contributed by atoms with van der Waals surface area (Å²) in [6.07, 6.45) is 3.95. The minimum atomic E-state index is -0.579. The molecule has 2 heterocycles.